The van der Waals surface area contributed by atoms with Crippen LogP contribution >= 0.6 is 12.2 Å². The fourth-order valence-corrected chi connectivity index (χ4v) is 1.34. The average molecular weight is 250 g/mol. The van der Waals surface area contributed by atoms with E-state index in [4.69, 9.17) is 12.2 Å². The normalized spacial score (nSPS) is 10.8. The van der Waals surface area contributed by atoms with E-state index in [0.29, 0.717) is 5.11 Å². The highest BCUT2D eigenvalue weighted by molar-refractivity contribution is 7.80. The maximum absolute atomic E-state index is 11.8. The molecule has 0 saturated heterocycles. The number of amides is 1. The fraction of sp³-hybridized carbons (Fsp3) is 0.385. The second-order valence-electron chi connectivity index (χ2n) is 4.90. The molecule has 0 radical (unpaired) electrons. The van der Waals surface area contributed by atoms with Gasteiger partial charge in [0.1, 0.15) is 0 Å². The number of carbonyl (C=O) groups excluding carboxylic acids is 1. The molecule has 1 N–H and O–H groups in total. The maximum atomic E-state index is 11.8. The molecule has 1 amide bonds. The van der Waals surface area contributed by atoms with Crippen molar-refractivity contribution < 1.29 is 4.79 Å². The highest BCUT2D eigenvalue weighted by Crippen LogP contribution is 2.14. The van der Waals surface area contributed by atoms with Gasteiger partial charge >= 0.3 is 0 Å². The van der Waals surface area contributed by atoms with Gasteiger partial charge in [0, 0.05) is 18.2 Å². The van der Waals surface area contributed by atoms with Crippen LogP contribution in [0, 0.1) is 5.41 Å². The Balaban J connectivity index is 2.69. The molecule has 0 aliphatic carbocycles. The summed E-state index contributed by atoms with van der Waals surface area (Å²) in [6.07, 6.45) is 0. The number of para-hydroxylation sites is 1. The number of hydrogen-bond acceptors (Lipinski definition) is 2. The molecule has 0 fully saturated rings. The van der Waals surface area contributed by atoms with Crippen molar-refractivity contribution in [1.82, 2.24) is 5.32 Å². The molecule has 0 unspecified atom stereocenters. The number of rotatable bonds is 1. The first-order chi connectivity index (χ1) is 7.82. The molecule has 0 aliphatic rings. The van der Waals surface area contributed by atoms with Crippen LogP contribution in [0.4, 0.5) is 5.69 Å². The summed E-state index contributed by atoms with van der Waals surface area (Å²) in [5, 5.41) is 3.15. The Morgan fingerprint density at radius 1 is 1.24 bits per heavy atom. The number of anilines is 1. The van der Waals surface area contributed by atoms with E-state index in [2.05, 4.69) is 5.32 Å². The van der Waals surface area contributed by atoms with Crippen LogP contribution in [-0.2, 0) is 4.79 Å². The van der Waals surface area contributed by atoms with Crippen LogP contribution in [0.2, 0.25) is 0 Å². The van der Waals surface area contributed by atoms with Crippen molar-refractivity contribution in [1.29, 1.82) is 0 Å². The molecular weight excluding hydrogens is 232 g/mol. The third-order valence-corrected chi connectivity index (χ3v) is 2.73. The van der Waals surface area contributed by atoms with Crippen LogP contribution in [-0.4, -0.2) is 18.1 Å². The van der Waals surface area contributed by atoms with Gasteiger partial charge in [-0.2, -0.15) is 0 Å². The number of hydrogen-bond donors (Lipinski definition) is 1. The third kappa shape index (κ3) is 3.82. The SMILES string of the molecule is CN(C(=S)NC(=O)C(C)(C)C)c1ccccc1. The summed E-state index contributed by atoms with van der Waals surface area (Å²) in [7, 11) is 1.83. The highest BCUT2D eigenvalue weighted by atomic mass is 32.1. The minimum Gasteiger partial charge on any atom is -0.322 e. The predicted molar refractivity (Wildman–Crippen MR) is 75.0 cm³/mol. The van der Waals surface area contributed by atoms with Crippen molar-refractivity contribution in [2.75, 3.05) is 11.9 Å². The lowest BCUT2D eigenvalue weighted by Gasteiger charge is -2.24. The third-order valence-electron chi connectivity index (χ3n) is 2.35. The molecule has 0 atom stereocenters. The van der Waals surface area contributed by atoms with Gasteiger partial charge in [-0.1, -0.05) is 39.0 Å². The van der Waals surface area contributed by atoms with Crippen LogP contribution in [0.5, 0.6) is 0 Å². The molecule has 0 aliphatic heterocycles. The van der Waals surface area contributed by atoms with Crippen molar-refractivity contribution in [2.45, 2.75) is 20.8 Å². The second kappa shape index (κ2) is 5.27. The van der Waals surface area contributed by atoms with Gasteiger partial charge in [0.15, 0.2) is 5.11 Å². The smallest absolute Gasteiger partial charge is 0.231 e. The Morgan fingerprint density at radius 2 is 1.76 bits per heavy atom. The summed E-state index contributed by atoms with van der Waals surface area (Å²) in [6.45, 7) is 5.56. The Hall–Kier alpha value is -1.42. The highest BCUT2D eigenvalue weighted by Gasteiger charge is 2.23. The molecule has 17 heavy (non-hydrogen) atoms. The van der Waals surface area contributed by atoms with Crippen molar-refractivity contribution >= 4 is 28.9 Å². The van der Waals surface area contributed by atoms with Crippen LogP contribution in [0.1, 0.15) is 20.8 Å². The van der Waals surface area contributed by atoms with Gasteiger partial charge in [-0.3, -0.25) is 4.79 Å². The summed E-state index contributed by atoms with van der Waals surface area (Å²) in [6, 6.07) is 9.68. The lowest BCUT2D eigenvalue weighted by molar-refractivity contribution is -0.126. The molecule has 0 saturated carbocycles. The van der Waals surface area contributed by atoms with E-state index in [0.717, 1.165) is 5.69 Å². The minimum atomic E-state index is -0.443. The van der Waals surface area contributed by atoms with Crippen LogP contribution in [0.3, 0.4) is 0 Å². The minimum absolute atomic E-state index is 0.0784. The molecule has 3 nitrogen and oxygen atoms in total. The zero-order valence-corrected chi connectivity index (χ0v) is 11.5. The number of nitrogens with one attached hydrogen (secondary N) is 1. The molecule has 1 rings (SSSR count). The van der Waals surface area contributed by atoms with Gasteiger partial charge < -0.3 is 10.2 Å². The zero-order valence-electron chi connectivity index (χ0n) is 10.7. The molecular formula is C13H18N2OS. The van der Waals surface area contributed by atoms with E-state index in [1.807, 2.05) is 58.2 Å². The quantitative estimate of drug-likeness (QED) is 0.778. The standard InChI is InChI=1S/C13H18N2OS/c1-13(2,3)11(16)14-12(17)15(4)10-8-6-5-7-9-10/h5-9H,1-4H3,(H,14,16,17). The molecule has 0 spiro atoms. The van der Waals surface area contributed by atoms with E-state index < -0.39 is 5.41 Å². The molecule has 0 bridgehead atoms. The topological polar surface area (TPSA) is 32.3 Å². The van der Waals surface area contributed by atoms with Crippen molar-refractivity contribution in [3.8, 4) is 0 Å². The van der Waals surface area contributed by atoms with Crippen LogP contribution < -0.4 is 10.2 Å². The summed E-state index contributed by atoms with van der Waals surface area (Å²) in [4.78, 5) is 13.6. The van der Waals surface area contributed by atoms with Crippen LogP contribution in [0.25, 0.3) is 0 Å². The lowest BCUT2D eigenvalue weighted by Crippen LogP contribution is -2.45. The van der Waals surface area contributed by atoms with Gasteiger partial charge in [-0.25, -0.2) is 0 Å². The molecule has 1 aromatic carbocycles. The van der Waals surface area contributed by atoms with Gasteiger partial charge in [-0.05, 0) is 24.4 Å². The first kappa shape index (κ1) is 13.6. The van der Waals surface area contributed by atoms with E-state index in [1.165, 1.54) is 0 Å². The van der Waals surface area contributed by atoms with E-state index >= 15 is 0 Å². The van der Waals surface area contributed by atoms with Crippen molar-refractivity contribution in [2.24, 2.45) is 5.41 Å². The first-order valence-corrected chi connectivity index (χ1v) is 5.87. The van der Waals surface area contributed by atoms with E-state index in [-0.39, 0.29) is 5.91 Å². The molecule has 0 aromatic heterocycles. The predicted octanol–water partition coefficient (Wildman–Crippen LogP) is 2.57. The van der Waals surface area contributed by atoms with Gasteiger partial charge in [0.2, 0.25) is 5.91 Å². The summed E-state index contributed by atoms with van der Waals surface area (Å²) in [5.41, 5.74) is 0.508. The Labute approximate surface area is 108 Å². The lowest BCUT2D eigenvalue weighted by atomic mass is 9.96. The average Bonchev–Trinajstić information content (AvgIpc) is 2.27. The molecule has 0 heterocycles. The van der Waals surface area contributed by atoms with Crippen LogP contribution in [0.15, 0.2) is 30.3 Å². The van der Waals surface area contributed by atoms with E-state index in [1.54, 1.807) is 4.90 Å². The van der Waals surface area contributed by atoms with Crippen molar-refractivity contribution in [3.05, 3.63) is 30.3 Å². The largest absolute Gasteiger partial charge is 0.322 e. The summed E-state index contributed by atoms with van der Waals surface area (Å²) >= 11 is 5.20. The number of benzene rings is 1. The van der Waals surface area contributed by atoms with Gasteiger partial charge in [0.25, 0.3) is 0 Å². The Morgan fingerprint density at radius 3 is 2.24 bits per heavy atom. The molecule has 1 aromatic rings. The fourth-order valence-electron chi connectivity index (χ4n) is 1.14. The molecule has 4 heteroatoms. The van der Waals surface area contributed by atoms with E-state index in [9.17, 15) is 4.79 Å². The maximum Gasteiger partial charge on any atom is 0.231 e. The second-order valence-corrected chi connectivity index (χ2v) is 5.29. The van der Waals surface area contributed by atoms with Crippen molar-refractivity contribution in [3.63, 3.8) is 0 Å². The number of carbonyl (C=O) groups is 1. The van der Waals surface area contributed by atoms with Gasteiger partial charge in [0.05, 0.1) is 0 Å². The zero-order chi connectivity index (χ0) is 13.1. The summed E-state index contributed by atoms with van der Waals surface area (Å²) < 4.78 is 0. The Bertz CT molecular complexity index is 409. The summed E-state index contributed by atoms with van der Waals surface area (Å²) in [5.74, 6) is -0.0784. The Kier molecular flexibility index (Phi) is 4.23. The number of thiocarbonyl (C=S) groups is 1. The molecule has 92 valence electrons. The monoisotopic (exact) mass is 250 g/mol. The van der Waals surface area contributed by atoms with Gasteiger partial charge in [-0.15, -0.1) is 0 Å². The number of nitrogens with zero attached hydrogens (tertiary/aromatic N) is 1. The first-order valence-electron chi connectivity index (χ1n) is 5.46.